The number of anilines is 2. The van der Waals surface area contributed by atoms with Gasteiger partial charge in [-0.2, -0.15) is 4.98 Å². The minimum atomic E-state index is -0.400. The summed E-state index contributed by atoms with van der Waals surface area (Å²) in [6.07, 6.45) is 1.01. The van der Waals surface area contributed by atoms with Gasteiger partial charge in [0.2, 0.25) is 23.5 Å². The van der Waals surface area contributed by atoms with E-state index in [2.05, 4.69) is 15.5 Å². The molecule has 1 atom stereocenters. The fourth-order valence-electron chi connectivity index (χ4n) is 3.55. The summed E-state index contributed by atoms with van der Waals surface area (Å²) in [6, 6.07) is 15.1. The molecule has 29 heavy (non-hydrogen) atoms. The number of nitrogens with zero attached hydrogens (tertiary/aromatic N) is 3. The second-order valence-electron chi connectivity index (χ2n) is 7.09. The minimum Gasteiger partial charge on any atom is -0.339 e. The third-order valence-electron chi connectivity index (χ3n) is 5.10. The van der Waals surface area contributed by atoms with Gasteiger partial charge < -0.3 is 14.7 Å². The molecule has 2 amide bonds. The molecular formula is C22H22N4O3. The summed E-state index contributed by atoms with van der Waals surface area (Å²) in [7, 11) is 0. The lowest BCUT2D eigenvalue weighted by Gasteiger charge is -2.17. The van der Waals surface area contributed by atoms with Gasteiger partial charge in [0.25, 0.3) is 0 Å². The van der Waals surface area contributed by atoms with E-state index in [4.69, 9.17) is 4.52 Å². The summed E-state index contributed by atoms with van der Waals surface area (Å²) >= 11 is 0. The monoisotopic (exact) mass is 390 g/mol. The van der Waals surface area contributed by atoms with Crippen LogP contribution in [-0.4, -0.2) is 28.5 Å². The molecule has 1 N–H and O–H groups in total. The van der Waals surface area contributed by atoms with Crippen molar-refractivity contribution in [2.75, 3.05) is 16.8 Å². The van der Waals surface area contributed by atoms with Gasteiger partial charge in [0.1, 0.15) is 0 Å². The lowest BCUT2D eigenvalue weighted by molar-refractivity contribution is -0.122. The smallest absolute Gasteiger partial charge is 0.229 e. The van der Waals surface area contributed by atoms with Crippen LogP contribution in [0, 0.1) is 12.8 Å². The molecule has 0 saturated carbocycles. The van der Waals surface area contributed by atoms with E-state index < -0.39 is 5.92 Å². The van der Waals surface area contributed by atoms with Crippen molar-refractivity contribution >= 4 is 23.2 Å². The number of aryl methyl sites for hydroxylation is 2. The summed E-state index contributed by atoms with van der Waals surface area (Å²) in [6.45, 7) is 4.11. The maximum absolute atomic E-state index is 12.8. The van der Waals surface area contributed by atoms with Crippen LogP contribution in [0.3, 0.4) is 0 Å². The Balaban J connectivity index is 1.50. The van der Waals surface area contributed by atoms with E-state index >= 15 is 0 Å². The zero-order valence-corrected chi connectivity index (χ0v) is 16.4. The Kier molecular flexibility index (Phi) is 5.12. The molecule has 2 heterocycles. The number of amides is 2. The van der Waals surface area contributed by atoms with Crippen molar-refractivity contribution in [3.8, 4) is 11.4 Å². The molecule has 7 nitrogen and oxygen atoms in total. The summed E-state index contributed by atoms with van der Waals surface area (Å²) in [5, 5.41) is 6.91. The van der Waals surface area contributed by atoms with Crippen LogP contribution in [0.4, 0.5) is 11.4 Å². The fraction of sp³-hybridized carbons (Fsp3) is 0.273. The molecule has 0 unspecified atom stereocenters. The molecule has 7 heteroatoms. The number of nitrogens with one attached hydrogen (secondary N) is 1. The first kappa shape index (κ1) is 18.9. The van der Waals surface area contributed by atoms with Crippen LogP contribution < -0.4 is 10.2 Å². The largest absolute Gasteiger partial charge is 0.339 e. The summed E-state index contributed by atoms with van der Waals surface area (Å²) in [5.74, 6) is 0.346. The maximum Gasteiger partial charge on any atom is 0.229 e. The van der Waals surface area contributed by atoms with Gasteiger partial charge in [-0.1, -0.05) is 42.4 Å². The first-order chi connectivity index (χ1) is 14.0. The van der Waals surface area contributed by atoms with Gasteiger partial charge in [0, 0.05) is 36.8 Å². The number of carbonyl (C=O) groups is 2. The number of hydrogen-bond donors (Lipinski definition) is 1. The highest BCUT2D eigenvalue weighted by Crippen LogP contribution is 2.29. The molecule has 0 radical (unpaired) electrons. The van der Waals surface area contributed by atoms with Gasteiger partial charge in [-0.15, -0.1) is 0 Å². The molecule has 148 valence electrons. The quantitative estimate of drug-likeness (QED) is 0.719. The number of benzene rings is 2. The number of aromatic nitrogens is 2. The van der Waals surface area contributed by atoms with E-state index in [1.807, 2.05) is 55.5 Å². The Morgan fingerprint density at radius 2 is 2.07 bits per heavy atom. The standard InChI is InChI=1S/C22H22N4O3/c1-3-15-7-4-5-10-19(15)24-22(28)17-12-20(27)26(13-17)18-9-6-8-16(11-18)21-23-14(2)29-25-21/h4-11,17H,3,12-13H2,1-2H3,(H,24,28)/t17-/m1/s1. The molecule has 1 aliphatic rings. The third kappa shape index (κ3) is 3.89. The third-order valence-corrected chi connectivity index (χ3v) is 5.10. The average molecular weight is 390 g/mol. The summed E-state index contributed by atoms with van der Waals surface area (Å²) in [4.78, 5) is 31.3. The van der Waals surface area contributed by atoms with E-state index in [1.165, 1.54) is 0 Å². The first-order valence-electron chi connectivity index (χ1n) is 9.65. The van der Waals surface area contributed by atoms with E-state index in [-0.39, 0.29) is 18.2 Å². The Labute approximate surface area is 168 Å². The van der Waals surface area contributed by atoms with Crippen molar-refractivity contribution in [3.63, 3.8) is 0 Å². The topological polar surface area (TPSA) is 88.3 Å². The van der Waals surface area contributed by atoms with E-state index in [0.29, 0.717) is 18.3 Å². The van der Waals surface area contributed by atoms with Crippen molar-refractivity contribution in [2.45, 2.75) is 26.7 Å². The molecule has 0 bridgehead atoms. The normalized spacial score (nSPS) is 16.3. The van der Waals surface area contributed by atoms with E-state index in [1.54, 1.807) is 11.8 Å². The fourth-order valence-corrected chi connectivity index (χ4v) is 3.55. The lowest BCUT2D eigenvalue weighted by Crippen LogP contribution is -2.28. The number of rotatable bonds is 5. The molecule has 4 rings (SSSR count). The molecule has 0 spiro atoms. The van der Waals surface area contributed by atoms with Crippen molar-refractivity contribution < 1.29 is 14.1 Å². The molecule has 0 aliphatic carbocycles. The maximum atomic E-state index is 12.8. The van der Waals surface area contributed by atoms with Gasteiger partial charge in [-0.25, -0.2) is 0 Å². The number of para-hydroxylation sites is 1. The van der Waals surface area contributed by atoms with Crippen molar-refractivity contribution in [2.24, 2.45) is 5.92 Å². The van der Waals surface area contributed by atoms with Crippen molar-refractivity contribution in [3.05, 3.63) is 60.0 Å². The Hall–Kier alpha value is -3.48. The molecule has 3 aromatic rings. The SMILES string of the molecule is CCc1ccccc1NC(=O)[C@@H]1CC(=O)N(c2cccc(-c3noc(C)n3)c2)C1. The van der Waals surface area contributed by atoms with Crippen molar-refractivity contribution in [1.29, 1.82) is 0 Å². The molecule has 1 aromatic heterocycles. The van der Waals surface area contributed by atoms with Crippen LogP contribution in [0.25, 0.3) is 11.4 Å². The Morgan fingerprint density at radius 3 is 2.83 bits per heavy atom. The molecule has 1 fully saturated rings. The van der Waals surface area contributed by atoms with Crippen LogP contribution in [-0.2, 0) is 16.0 Å². The minimum absolute atomic E-state index is 0.0737. The summed E-state index contributed by atoms with van der Waals surface area (Å²) < 4.78 is 5.03. The first-order valence-corrected chi connectivity index (χ1v) is 9.65. The van der Waals surface area contributed by atoms with Crippen LogP contribution in [0.2, 0.25) is 0 Å². The Morgan fingerprint density at radius 1 is 1.24 bits per heavy atom. The highest BCUT2D eigenvalue weighted by atomic mass is 16.5. The summed E-state index contributed by atoms with van der Waals surface area (Å²) in [5.41, 5.74) is 3.36. The molecular weight excluding hydrogens is 368 g/mol. The van der Waals surface area contributed by atoms with Gasteiger partial charge >= 0.3 is 0 Å². The van der Waals surface area contributed by atoms with Crippen LogP contribution in [0.5, 0.6) is 0 Å². The van der Waals surface area contributed by atoms with Gasteiger partial charge in [-0.05, 0) is 30.2 Å². The zero-order chi connectivity index (χ0) is 20.4. The van der Waals surface area contributed by atoms with E-state index in [9.17, 15) is 9.59 Å². The molecule has 1 saturated heterocycles. The predicted molar refractivity (Wildman–Crippen MR) is 109 cm³/mol. The number of carbonyl (C=O) groups excluding carboxylic acids is 2. The molecule has 2 aromatic carbocycles. The highest BCUT2D eigenvalue weighted by molar-refractivity contribution is 6.03. The number of hydrogen-bond acceptors (Lipinski definition) is 5. The second kappa shape index (κ2) is 7.87. The van der Waals surface area contributed by atoms with Gasteiger partial charge in [0.15, 0.2) is 0 Å². The van der Waals surface area contributed by atoms with Gasteiger partial charge in [-0.3, -0.25) is 9.59 Å². The van der Waals surface area contributed by atoms with Gasteiger partial charge in [0.05, 0.1) is 5.92 Å². The van der Waals surface area contributed by atoms with Crippen LogP contribution in [0.15, 0.2) is 53.1 Å². The highest BCUT2D eigenvalue weighted by Gasteiger charge is 2.35. The predicted octanol–water partition coefficient (Wildman–Crippen LogP) is 3.60. The Bertz CT molecular complexity index is 1060. The molecule has 1 aliphatic heterocycles. The van der Waals surface area contributed by atoms with E-state index in [0.717, 1.165) is 28.9 Å². The van der Waals surface area contributed by atoms with Crippen molar-refractivity contribution in [1.82, 2.24) is 10.1 Å². The average Bonchev–Trinajstić information content (AvgIpc) is 3.34. The van der Waals surface area contributed by atoms with Crippen LogP contribution in [0.1, 0.15) is 24.8 Å². The zero-order valence-electron chi connectivity index (χ0n) is 16.4. The second-order valence-corrected chi connectivity index (χ2v) is 7.09. The van der Waals surface area contributed by atoms with Crippen LogP contribution >= 0.6 is 0 Å². The lowest BCUT2D eigenvalue weighted by atomic mass is 10.1.